The third kappa shape index (κ3) is 6.23. The van der Waals surface area contributed by atoms with E-state index >= 15 is 0 Å². The van der Waals surface area contributed by atoms with Crippen molar-refractivity contribution in [1.82, 2.24) is 8.80 Å². The molecule has 0 fully saturated rings. The first-order valence-corrected chi connectivity index (χ1v) is 28.7. The number of hydrogen-bond donors (Lipinski definition) is 0. The Balaban J connectivity index is 0.850. The van der Waals surface area contributed by atoms with Crippen LogP contribution in [0, 0.1) is 0 Å². The number of rotatable bonds is 8. The summed E-state index contributed by atoms with van der Waals surface area (Å²) >= 11 is 0. The maximum atomic E-state index is 6.87. The number of nitrogens with zero attached hydrogens (tertiary/aromatic N) is 4. The summed E-state index contributed by atoms with van der Waals surface area (Å²) in [6.07, 6.45) is 0. The molecular weight excluding hydrogens is 1020 g/mol. The highest BCUT2D eigenvalue weighted by molar-refractivity contribution is 6.31. The molecule has 84 heavy (non-hydrogen) atoms. The molecule has 0 bridgehead atoms. The summed E-state index contributed by atoms with van der Waals surface area (Å²) in [5.74, 6) is 0. The molecular formula is C78H46N4O2. The standard InChI is InChI=1S/C78H46N4O2/c1-3-19-47(20-4-1)49-23-11-25-51(43-49)79(67-39-15-31-57-53-27-7-9-41-71(53)83-77(57)67)63-35-17-37-65-73(63)59-33-13-29-55-61-46-70-62(45-69(61)81(65)75(55)59)56-30-14-34-60-74-64(36-18-38-66(74)82(70)76(56)60)80(52-26-12-24-50(44-52)48-21-5-2-6-22-48)68-40-16-32-58-54-28-8-10-42-72(54)84-78(58)68/h1-46H. The summed E-state index contributed by atoms with van der Waals surface area (Å²) < 4.78 is 18.8. The molecule has 0 saturated heterocycles. The molecule has 0 saturated carbocycles. The van der Waals surface area contributed by atoms with Gasteiger partial charge >= 0.3 is 0 Å². The van der Waals surface area contributed by atoms with Crippen molar-refractivity contribution in [2.75, 3.05) is 9.80 Å². The van der Waals surface area contributed by atoms with E-state index in [4.69, 9.17) is 8.83 Å². The zero-order valence-corrected chi connectivity index (χ0v) is 45.2. The van der Waals surface area contributed by atoms with Crippen molar-refractivity contribution in [2.45, 2.75) is 0 Å². The monoisotopic (exact) mass is 1070 g/mol. The normalized spacial score (nSPS) is 12.3. The quantitative estimate of drug-likeness (QED) is 0.152. The van der Waals surface area contributed by atoms with E-state index < -0.39 is 0 Å². The Labute approximate surface area is 480 Å². The van der Waals surface area contributed by atoms with Gasteiger partial charge in [0.05, 0.1) is 55.8 Å². The second-order valence-electron chi connectivity index (χ2n) is 22.3. The average Bonchev–Trinajstić information content (AvgIpc) is 1.62. The van der Waals surface area contributed by atoms with E-state index in [1.165, 1.54) is 76.3 Å². The Morgan fingerprint density at radius 2 is 0.595 bits per heavy atom. The number of furan rings is 2. The molecule has 6 heterocycles. The fourth-order valence-corrected chi connectivity index (χ4v) is 14.4. The predicted molar refractivity (Wildman–Crippen MR) is 351 cm³/mol. The molecule has 0 aliphatic heterocycles. The first kappa shape index (κ1) is 45.4. The third-order valence-electron chi connectivity index (χ3n) is 17.9. The molecule has 13 aromatic carbocycles. The molecule has 6 nitrogen and oxygen atoms in total. The van der Waals surface area contributed by atoms with Crippen LogP contribution in [0.2, 0.25) is 0 Å². The van der Waals surface area contributed by atoms with Crippen molar-refractivity contribution in [1.29, 1.82) is 0 Å². The van der Waals surface area contributed by atoms with E-state index in [9.17, 15) is 0 Å². The van der Waals surface area contributed by atoms with Crippen molar-refractivity contribution >= 4 is 154 Å². The van der Waals surface area contributed by atoms with E-state index in [-0.39, 0.29) is 0 Å². The Morgan fingerprint density at radius 1 is 0.238 bits per heavy atom. The lowest BCUT2D eigenvalue weighted by atomic mass is 10.0. The minimum atomic E-state index is 0.851. The molecule has 19 aromatic rings. The second kappa shape index (κ2) is 17.1. The van der Waals surface area contributed by atoms with Gasteiger partial charge in [-0.2, -0.15) is 0 Å². The largest absolute Gasteiger partial charge is 0.454 e. The molecule has 6 aromatic heterocycles. The molecule has 0 N–H and O–H groups in total. The van der Waals surface area contributed by atoms with Crippen LogP contribution in [-0.2, 0) is 0 Å². The molecule has 0 aliphatic rings. The van der Waals surface area contributed by atoms with Crippen LogP contribution < -0.4 is 9.80 Å². The van der Waals surface area contributed by atoms with Gasteiger partial charge in [0.15, 0.2) is 11.2 Å². The van der Waals surface area contributed by atoms with Gasteiger partial charge in [0.1, 0.15) is 11.2 Å². The minimum Gasteiger partial charge on any atom is -0.454 e. The van der Waals surface area contributed by atoms with Gasteiger partial charge in [0.25, 0.3) is 0 Å². The van der Waals surface area contributed by atoms with Crippen LogP contribution in [0.3, 0.4) is 0 Å². The first-order valence-electron chi connectivity index (χ1n) is 28.7. The van der Waals surface area contributed by atoms with Crippen molar-refractivity contribution in [3.63, 3.8) is 0 Å². The number of benzene rings is 13. The van der Waals surface area contributed by atoms with Gasteiger partial charge in [0, 0.05) is 76.0 Å². The van der Waals surface area contributed by atoms with Gasteiger partial charge in [-0.3, -0.25) is 0 Å². The highest BCUT2D eigenvalue weighted by atomic mass is 16.3. The SMILES string of the molecule is c1ccc(-c2cccc(N(c3cccc4c3oc3ccccc34)c3cccc4c3c3cccc5c6cc7c(cc6n4c53)c3cccc4c5c(N(c6cccc(-c8ccccc8)c6)c6cccc8c6oc6ccccc68)cccc5n7c34)c2)cc1. The van der Waals surface area contributed by atoms with Crippen LogP contribution in [0.15, 0.2) is 288 Å². The zero-order valence-electron chi connectivity index (χ0n) is 45.2. The molecule has 0 radical (unpaired) electrons. The maximum absolute atomic E-state index is 6.87. The molecule has 0 aliphatic carbocycles. The van der Waals surface area contributed by atoms with E-state index in [1.54, 1.807) is 0 Å². The maximum Gasteiger partial charge on any atom is 0.159 e. The van der Waals surface area contributed by atoms with E-state index in [0.29, 0.717) is 0 Å². The number of para-hydroxylation sites is 6. The Bertz CT molecular complexity index is 5520. The third-order valence-corrected chi connectivity index (χ3v) is 17.9. The predicted octanol–water partition coefficient (Wildman–Crippen LogP) is 22.1. The molecule has 0 spiro atoms. The van der Waals surface area contributed by atoms with Crippen LogP contribution >= 0.6 is 0 Å². The fourth-order valence-electron chi connectivity index (χ4n) is 14.4. The van der Waals surface area contributed by atoms with Crippen LogP contribution in [0.1, 0.15) is 0 Å². The van der Waals surface area contributed by atoms with Gasteiger partial charge in [0.2, 0.25) is 0 Å². The minimum absolute atomic E-state index is 0.851. The Hall–Kier alpha value is -11.3. The van der Waals surface area contributed by atoms with Crippen molar-refractivity contribution < 1.29 is 8.83 Å². The number of fused-ring (bicyclic) bond motifs is 18. The Kier molecular flexibility index (Phi) is 9.24. The van der Waals surface area contributed by atoms with Gasteiger partial charge in [-0.1, -0.05) is 194 Å². The van der Waals surface area contributed by atoms with E-state index in [1.807, 2.05) is 12.1 Å². The molecule has 390 valence electrons. The van der Waals surface area contributed by atoms with Gasteiger partial charge in [-0.15, -0.1) is 0 Å². The highest BCUT2D eigenvalue weighted by Crippen LogP contribution is 2.52. The summed E-state index contributed by atoms with van der Waals surface area (Å²) in [5.41, 5.74) is 21.4. The molecule has 6 heteroatoms. The smallest absolute Gasteiger partial charge is 0.159 e. The highest BCUT2D eigenvalue weighted by Gasteiger charge is 2.29. The summed E-state index contributed by atoms with van der Waals surface area (Å²) in [5, 5.41) is 14.0. The van der Waals surface area contributed by atoms with E-state index in [2.05, 4.69) is 286 Å². The zero-order chi connectivity index (χ0) is 54.7. The molecule has 0 unspecified atom stereocenters. The van der Waals surface area contributed by atoms with Gasteiger partial charge < -0.3 is 27.4 Å². The molecule has 0 amide bonds. The summed E-state index contributed by atoms with van der Waals surface area (Å²) in [7, 11) is 0. The lowest BCUT2D eigenvalue weighted by Gasteiger charge is -2.27. The number of hydrogen-bond acceptors (Lipinski definition) is 4. The topological polar surface area (TPSA) is 41.6 Å². The first-order chi connectivity index (χ1) is 41.7. The lowest BCUT2D eigenvalue weighted by Crippen LogP contribution is -2.11. The molecule has 19 rings (SSSR count). The van der Waals surface area contributed by atoms with Gasteiger partial charge in [-0.25, -0.2) is 0 Å². The van der Waals surface area contributed by atoms with Crippen LogP contribution in [0.4, 0.5) is 34.1 Å². The van der Waals surface area contributed by atoms with Crippen molar-refractivity contribution in [2.24, 2.45) is 0 Å². The van der Waals surface area contributed by atoms with Crippen LogP contribution in [0.25, 0.3) is 142 Å². The Morgan fingerprint density at radius 3 is 1.07 bits per heavy atom. The van der Waals surface area contributed by atoms with Crippen molar-refractivity contribution in [3.8, 4) is 22.3 Å². The van der Waals surface area contributed by atoms with E-state index in [0.717, 1.165) is 100 Å². The number of aromatic nitrogens is 2. The summed E-state index contributed by atoms with van der Waals surface area (Å²) in [4.78, 5) is 4.85. The van der Waals surface area contributed by atoms with Crippen LogP contribution in [-0.4, -0.2) is 8.80 Å². The van der Waals surface area contributed by atoms with Crippen LogP contribution in [0.5, 0.6) is 0 Å². The van der Waals surface area contributed by atoms with Gasteiger partial charge in [-0.05, 0) is 107 Å². The lowest BCUT2D eigenvalue weighted by molar-refractivity contribution is 0.669. The van der Waals surface area contributed by atoms with Crippen molar-refractivity contribution in [3.05, 3.63) is 279 Å². The molecule has 0 atom stereocenters. The number of anilines is 6. The fraction of sp³-hybridized carbons (Fsp3) is 0. The second-order valence-corrected chi connectivity index (χ2v) is 22.3. The average molecular weight is 1070 g/mol. The summed E-state index contributed by atoms with van der Waals surface area (Å²) in [6, 6.07) is 101. The summed E-state index contributed by atoms with van der Waals surface area (Å²) in [6.45, 7) is 0.